The smallest absolute Gasteiger partial charge is 0.219 e. The Labute approximate surface area is 84.9 Å². The van der Waals surface area contributed by atoms with Crippen molar-refractivity contribution >= 4 is 5.91 Å². The van der Waals surface area contributed by atoms with E-state index in [1.54, 1.807) is 0 Å². The molecule has 2 atom stereocenters. The van der Waals surface area contributed by atoms with Gasteiger partial charge in [-0.15, -0.1) is 0 Å². The number of nitrogens with two attached hydrogens (primary N) is 1. The Kier molecular flexibility index (Phi) is 3.50. The summed E-state index contributed by atoms with van der Waals surface area (Å²) in [5, 5.41) is 12.9. The van der Waals surface area contributed by atoms with Gasteiger partial charge < -0.3 is 16.2 Å². The van der Waals surface area contributed by atoms with Gasteiger partial charge in [-0.3, -0.25) is 4.79 Å². The van der Waals surface area contributed by atoms with Crippen LogP contribution in [-0.2, 0) is 4.79 Å². The normalized spacial score (nSPS) is 27.9. The molecule has 1 rings (SSSR count). The average Bonchev–Trinajstić information content (AvgIpc) is 2.32. The lowest BCUT2D eigenvalue weighted by molar-refractivity contribution is -0.119. The van der Waals surface area contributed by atoms with Crippen molar-refractivity contribution in [3.05, 3.63) is 0 Å². The summed E-state index contributed by atoms with van der Waals surface area (Å²) in [6, 6.07) is 0.115. The third-order valence-corrected chi connectivity index (χ3v) is 2.67. The number of aliphatic hydroxyl groups is 1. The van der Waals surface area contributed by atoms with E-state index in [9.17, 15) is 9.90 Å². The van der Waals surface area contributed by atoms with Crippen LogP contribution in [0.15, 0.2) is 0 Å². The molecule has 0 heterocycles. The number of primary amides is 1. The highest BCUT2D eigenvalue weighted by atomic mass is 16.3. The van der Waals surface area contributed by atoms with E-state index in [1.165, 1.54) is 0 Å². The van der Waals surface area contributed by atoms with Crippen LogP contribution < -0.4 is 11.1 Å². The van der Waals surface area contributed by atoms with Gasteiger partial charge in [0.05, 0.1) is 6.10 Å². The van der Waals surface area contributed by atoms with Crippen molar-refractivity contribution < 1.29 is 9.90 Å². The highest BCUT2D eigenvalue weighted by molar-refractivity contribution is 5.75. The lowest BCUT2D eigenvalue weighted by atomic mass is 9.98. The first kappa shape index (κ1) is 11.5. The van der Waals surface area contributed by atoms with Gasteiger partial charge in [0.1, 0.15) is 0 Å². The lowest BCUT2D eigenvalue weighted by Gasteiger charge is -2.30. The monoisotopic (exact) mass is 200 g/mol. The van der Waals surface area contributed by atoms with Crippen LogP contribution in [0.4, 0.5) is 0 Å². The van der Waals surface area contributed by atoms with Crippen molar-refractivity contribution in [2.24, 2.45) is 5.73 Å². The Hall–Kier alpha value is -0.610. The number of carbonyl (C=O) groups is 1. The van der Waals surface area contributed by atoms with Crippen LogP contribution in [0.1, 0.15) is 39.5 Å². The molecule has 14 heavy (non-hydrogen) atoms. The highest BCUT2D eigenvalue weighted by Gasteiger charge is 2.31. The first-order valence-corrected chi connectivity index (χ1v) is 5.15. The number of aliphatic hydroxyl groups excluding tert-OH is 1. The molecule has 0 aromatic carbocycles. The van der Waals surface area contributed by atoms with Crippen LogP contribution in [0.2, 0.25) is 0 Å². The van der Waals surface area contributed by atoms with E-state index in [4.69, 9.17) is 5.73 Å². The molecule has 0 aromatic heterocycles. The fourth-order valence-corrected chi connectivity index (χ4v) is 2.10. The Bertz CT molecular complexity index is 216. The SMILES string of the molecule is CC(C)(CC(N)=O)N[C@@H]1CCC[C@H]1O. The van der Waals surface area contributed by atoms with E-state index in [-0.39, 0.29) is 23.6 Å². The second-order valence-corrected chi connectivity index (χ2v) is 4.78. The number of amides is 1. The van der Waals surface area contributed by atoms with Crippen LogP contribution in [0.3, 0.4) is 0 Å². The van der Waals surface area contributed by atoms with E-state index in [1.807, 2.05) is 13.8 Å². The quantitative estimate of drug-likeness (QED) is 0.604. The second-order valence-electron chi connectivity index (χ2n) is 4.78. The zero-order valence-corrected chi connectivity index (χ0v) is 8.92. The van der Waals surface area contributed by atoms with Gasteiger partial charge in [-0.25, -0.2) is 0 Å². The Morgan fingerprint density at radius 2 is 2.21 bits per heavy atom. The lowest BCUT2D eigenvalue weighted by Crippen LogP contribution is -2.50. The van der Waals surface area contributed by atoms with Crippen LogP contribution >= 0.6 is 0 Å². The molecular weight excluding hydrogens is 180 g/mol. The molecule has 1 amide bonds. The van der Waals surface area contributed by atoms with Crippen LogP contribution in [0.25, 0.3) is 0 Å². The molecular formula is C10H20N2O2. The van der Waals surface area contributed by atoms with Crippen molar-refractivity contribution in [2.45, 2.75) is 57.2 Å². The van der Waals surface area contributed by atoms with Crippen molar-refractivity contribution in [1.82, 2.24) is 5.32 Å². The molecule has 0 unspecified atom stereocenters. The Balaban J connectivity index is 2.45. The van der Waals surface area contributed by atoms with Crippen molar-refractivity contribution in [3.8, 4) is 0 Å². The molecule has 0 bridgehead atoms. The van der Waals surface area contributed by atoms with Gasteiger partial charge >= 0.3 is 0 Å². The van der Waals surface area contributed by atoms with E-state index >= 15 is 0 Å². The molecule has 1 aliphatic rings. The molecule has 4 heteroatoms. The van der Waals surface area contributed by atoms with E-state index in [0.29, 0.717) is 6.42 Å². The maximum absolute atomic E-state index is 10.8. The minimum atomic E-state index is -0.318. The summed E-state index contributed by atoms with van der Waals surface area (Å²) in [6.07, 6.45) is 2.90. The molecule has 4 nitrogen and oxygen atoms in total. The number of hydrogen-bond donors (Lipinski definition) is 3. The van der Waals surface area contributed by atoms with Gasteiger partial charge in [0.15, 0.2) is 0 Å². The Morgan fingerprint density at radius 1 is 1.57 bits per heavy atom. The first-order chi connectivity index (χ1) is 6.41. The fourth-order valence-electron chi connectivity index (χ4n) is 2.10. The minimum absolute atomic E-state index is 0.115. The summed E-state index contributed by atoms with van der Waals surface area (Å²) in [4.78, 5) is 10.8. The number of nitrogens with one attached hydrogen (secondary N) is 1. The molecule has 1 fully saturated rings. The summed E-state index contributed by atoms with van der Waals surface area (Å²) >= 11 is 0. The third-order valence-electron chi connectivity index (χ3n) is 2.67. The van der Waals surface area contributed by atoms with E-state index in [2.05, 4.69) is 5.32 Å². The molecule has 0 aliphatic heterocycles. The van der Waals surface area contributed by atoms with Gasteiger partial charge in [-0.1, -0.05) is 0 Å². The van der Waals surface area contributed by atoms with Gasteiger partial charge in [0, 0.05) is 18.0 Å². The molecule has 1 aliphatic carbocycles. The average molecular weight is 200 g/mol. The standard InChI is InChI=1S/C10H20N2O2/c1-10(2,6-9(11)14)12-7-4-3-5-8(7)13/h7-8,12-13H,3-6H2,1-2H3,(H2,11,14)/t7-,8-/m1/s1. The van der Waals surface area contributed by atoms with Crippen LogP contribution in [-0.4, -0.2) is 28.7 Å². The number of carbonyl (C=O) groups excluding carboxylic acids is 1. The van der Waals surface area contributed by atoms with Gasteiger partial charge in [0.2, 0.25) is 5.91 Å². The van der Waals surface area contributed by atoms with Crippen LogP contribution in [0.5, 0.6) is 0 Å². The zero-order chi connectivity index (χ0) is 10.8. The molecule has 1 saturated carbocycles. The first-order valence-electron chi connectivity index (χ1n) is 5.15. The van der Waals surface area contributed by atoms with Gasteiger partial charge in [-0.05, 0) is 33.1 Å². The molecule has 4 N–H and O–H groups in total. The molecule has 0 spiro atoms. The molecule has 0 saturated heterocycles. The zero-order valence-electron chi connectivity index (χ0n) is 8.92. The maximum Gasteiger partial charge on any atom is 0.219 e. The number of hydrogen-bond acceptors (Lipinski definition) is 3. The minimum Gasteiger partial charge on any atom is -0.392 e. The molecule has 0 radical (unpaired) electrons. The van der Waals surface area contributed by atoms with E-state index < -0.39 is 0 Å². The van der Waals surface area contributed by atoms with Crippen molar-refractivity contribution in [2.75, 3.05) is 0 Å². The predicted molar refractivity (Wildman–Crippen MR) is 54.7 cm³/mol. The predicted octanol–water partition coefficient (Wildman–Crippen LogP) is 0.143. The fraction of sp³-hybridized carbons (Fsp3) is 0.900. The molecule has 82 valence electrons. The summed E-state index contributed by atoms with van der Waals surface area (Å²) in [5.74, 6) is -0.310. The number of rotatable bonds is 4. The highest BCUT2D eigenvalue weighted by Crippen LogP contribution is 2.22. The summed E-state index contributed by atoms with van der Waals surface area (Å²) in [7, 11) is 0. The van der Waals surface area contributed by atoms with Crippen molar-refractivity contribution in [3.63, 3.8) is 0 Å². The second kappa shape index (κ2) is 4.28. The molecule has 0 aromatic rings. The summed E-state index contributed by atoms with van der Waals surface area (Å²) in [6.45, 7) is 3.87. The topological polar surface area (TPSA) is 75.4 Å². The van der Waals surface area contributed by atoms with Gasteiger partial charge in [0.25, 0.3) is 0 Å². The van der Waals surface area contributed by atoms with Crippen molar-refractivity contribution in [1.29, 1.82) is 0 Å². The van der Waals surface area contributed by atoms with Gasteiger partial charge in [-0.2, -0.15) is 0 Å². The maximum atomic E-state index is 10.8. The van der Waals surface area contributed by atoms with Crippen LogP contribution in [0, 0.1) is 0 Å². The summed E-state index contributed by atoms with van der Waals surface area (Å²) in [5.41, 5.74) is 4.83. The van der Waals surface area contributed by atoms with E-state index in [0.717, 1.165) is 19.3 Å². The Morgan fingerprint density at radius 3 is 2.64 bits per heavy atom. The largest absolute Gasteiger partial charge is 0.392 e. The third kappa shape index (κ3) is 3.27. The summed E-state index contributed by atoms with van der Waals surface area (Å²) < 4.78 is 0.